The molecule has 0 fully saturated rings. The number of fused-ring (bicyclic) bond motifs is 1. The van der Waals surface area contributed by atoms with Gasteiger partial charge in [0.2, 0.25) is 0 Å². The van der Waals surface area contributed by atoms with E-state index < -0.39 is 0 Å². The van der Waals surface area contributed by atoms with Gasteiger partial charge in [0.25, 0.3) is 0 Å². The second-order valence-electron chi connectivity index (χ2n) is 4.99. The van der Waals surface area contributed by atoms with Gasteiger partial charge < -0.3 is 5.32 Å². The first kappa shape index (κ1) is 14.2. The Bertz CT molecular complexity index is 640. The van der Waals surface area contributed by atoms with Crippen molar-refractivity contribution in [2.24, 2.45) is 0 Å². The summed E-state index contributed by atoms with van der Waals surface area (Å²) >= 11 is 18.5. The molecule has 104 valence electrons. The van der Waals surface area contributed by atoms with E-state index in [-0.39, 0.29) is 0 Å². The monoisotopic (exact) mass is 325 g/mol. The zero-order valence-electron chi connectivity index (χ0n) is 10.8. The maximum absolute atomic E-state index is 6.23. The van der Waals surface area contributed by atoms with Crippen LogP contribution in [0.15, 0.2) is 36.4 Å². The second-order valence-corrected chi connectivity index (χ2v) is 6.19. The Morgan fingerprint density at radius 3 is 2.60 bits per heavy atom. The predicted molar refractivity (Wildman–Crippen MR) is 85.8 cm³/mol. The topological polar surface area (TPSA) is 12.0 Å². The fourth-order valence-electron chi connectivity index (χ4n) is 2.73. The van der Waals surface area contributed by atoms with Gasteiger partial charge in [-0.2, -0.15) is 0 Å². The maximum Gasteiger partial charge on any atom is 0.0652 e. The minimum atomic E-state index is 0.359. The molecule has 0 aromatic heterocycles. The summed E-state index contributed by atoms with van der Waals surface area (Å²) in [5.41, 5.74) is 3.67. The van der Waals surface area contributed by atoms with Crippen molar-refractivity contribution in [1.82, 2.24) is 5.32 Å². The lowest BCUT2D eigenvalue weighted by Gasteiger charge is -2.16. The van der Waals surface area contributed by atoms with Crippen molar-refractivity contribution in [3.8, 4) is 0 Å². The fraction of sp³-hybridized carbons (Fsp3) is 0.250. The molecule has 0 saturated heterocycles. The number of nitrogens with one attached hydrogen (secondary N) is 1. The molecule has 0 saturated carbocycles. The van der Waals surface area contributed by atoms with Crippen LogP contribution in [-0.2, 0) is 13.0 Å². The van der Waals surface area contributed by atoms with Crippen LogP contribution in [0.1, 0.15) is 29.2 Å². The van der Waals surface area contributed by atoms with E-state index in [2.05, 4.69) is 29.6 Å². The molecule has 1 aliphatic rings. The summed E-state index contributed by atoms with van der Waals surface area (Å²) in [7, 11) is 0. The van der Waals surface area contributed by atoms with Gasteiger partial charge in [0, 0.05) is 23.2 Å². The van der Waals surface area contributed by atoms with Crippen LogP contribution in [0, 0.1) is 0 Å². The van der Waals surface area contributed by atoms with E-state index >= 15 is 0 Å². The zero-order chi connectivity index (χ0) is 14.1. The van der Waals surface area contributed by atoms with Crippen LogP contribution < -0.4 is 5.32 Å². The minimum absolute atomic E-state index is 0.359. The first-order chi connectivity index (χ1) is 9.66. The lowest BCUT2D eigenvalue weighted by Crippen LogP contribution is -2.19. The number of hydrogen-bond donors (Lipinski definition) is 1. The van der Waals surface area contributed by atoms with Crippen LogP contribution in [0.4, 0.5) is 0 Å². The van der Waals surface area contributed by atoms with Gasteiger partial charge in [0.15, 0.2) is 0 Å². The van der Waals surface area contributed by atoms with E-state index in [4.69, 9.17) is 34.8 Å². The molecule has 0 spiro atoms. The van der Waals surface area contributed by atoms with Crippen molar-refractivity contribution < 1.29 is 0 Å². The second kappa shape index (κ2) is 5.95. The van der Waals surface area contributed by atoms with Crippen LogP contribution in [0.2, 0.25) is 15.1 Å². The highest BCUT2D eigenvalue weighted by Crippen LogP contribution is 2.34. The maximum atomic E-state index is 6.23. The predicted octanol–water partition coefficient (Wildman–Crippen LogP) is 5.42. The number of rotatable bonds is 3. The van der Waals surface area contributed by atoms with E-state index in [0.717, 1.165) is 18.4 Å². The summed E-state index contributed by atoms with van der Waals surface area (Å²) in [5, 5.41) is 5.27. The van der Waals surface area contributed by atoms with E-state index in [9.17, 15) is 0 Å². The third kappa shape index (κ3) is 2.68. The summed E-state index contributed by atoms with van der Waals surface area (Å²) in [4.78, 5) is 0. The molecule has 1 aliphatic carbocycles. The Balaban J connectivity index is 1.77. The molecule has 1 N–H and O–H groups in total. The molecule has 0 radical (unpaired) electrons. The molecular weight excluding hydrogens is 313 g/mol. The molecule has 0 heterocycles. The Labute approximate surface area is 133 Å². The molecule has 3 rings (SSSR count). The first-order valence-electron chi connectivity index (χ1n) is 6.60. The van der Waals surface area contributed by atoms with Crippen LogP contribution in [-0.4, -0.2) is 0 Å². The Kier molecular flexibility index (Phi) is 4.23. The molecule has 1 unspecified atom stereocenters. The molecule has 1 nitrogen and oxygen atoms in total. The van der Waals surface area contributed by atoms with E-state index in [1.807, 2.05) is 0 Å². The van der Waals surface area contributed by atoms with E-state index in [0.29, 0.717) is 27.7 Å². The fourth-order valence-corrected chi connectivity index (χ4v) is 3.41. The third-order valence-electron chi connectivity index (χ3n) is 3.80. The summed E-state index contributed by atoms with van der Waals surface area (Å²) < 4.78 is 0. The van der Waals surface area contributed by atoms with Gasteiger partial charge in [-0.3, -0.25) is 0 Å². The average molecular weight is 327 g/mol. The van der Waals surface area contributed by atoms with Crippen molar-refractivity contribution in [3.63, 3.8) is 0 Å². The van der Waals surface area contributed by atoms with Crippen molar-refractivity contribution >= 4 is 34.8 Å². The molecule has 0 bridgehead atoms. The number of aryl methyl sites for hydroxylation is 1. The number of halogens is 3. The summed E-state index contributed by atoms with van der Waals surface area (Å²) in [6.45, 7) is 0.622. The van der Waals surface area contributed by atoms with Crippen molar-refractivity contribution in [3.05, 3.63) is 68.2 Å². The molecule has 1 atom stereocenters. The van der Waals surface area contributed by atoms with Gasteiger partial charge in [0.1, 0.15) is 0 Å². The molecular formula is C16H14Cl3N. The van der Waals surface area contributed by atoms with E-state index in [1.165, 1.54) is 11.1 Å². The molecule has 4 heteroatoms. The smallest absolute Gasteiger partial charge is 0.0652 e. The van der Waals surface area contributed by atoms with Gasteiger partial charge in [-0.15, -0.1) is 0 Å². The lowest BCUT2D eigenvalue weighted by molar-refractivity contribution is 0.530. The van der Waals surface area contributed by atoms with Crippen molar-refractivity contribution in [1.29, 1.82) is 0 Å². The van der Waals surface area contributed by atoms with Crippen LogP contribution >= 0.6 is 34.8 Å². The van der Waals surface area contributed by atoms with Gasteiger partial charge in [-0.05, 0) is 36.1 Å². The van der Waals surface area contributed by atoms with Gasteiger partial charge in [0.05, 0.1) is 10.0 Å². The SMILES string of the molecule is Clc1ccc(Cl)c(CNC2CCc3ccccc32)c1Cl. The Morgan fingerprint density at radius 1 is 1.00 bits per heavy atom. The number of benzene rings is 2. The van der Waals surface area contributed by atoms with Gasteiger partial charge >= 0.3 is 0 Å². The van der Waals surface area contributed by atoms with Crippen LogP contribution in [0.25, 0.3) is 0 Å². The summed E-state index contributed by atoms with van der Waals surface area (Å²) in [6, 6.07) is 12.4. The third-order valence-corrected chi connectivity index (χ3v) is 4.99. The van der Waals surface area contributed by atoms with Gasteiger partial charge in [-0.25, -0.2) is 0 Å². The highest BCUT2D eigenvalue weighted by atomic mass is 35.5. The van der Waals surface area contributed by atoms with Crippen molar-refractivity contribution in [2.45, 2.75) is 25.4 Å². The minimum Gasteiger partial charge on any atom is -0.306 e. The zero-order valence-corrected chi connectivity index (χ0v) is 13.1. The highest BCUT2D eigenvalue weighted by Gasteiger charge is 2.22. The van der Waals surface area contributed by atoms with Crippen LogP contribution in [0.5, 0.6) is 0 Å². The van der Waals surface area contributed by atoms with Crippen molar-refractivity contribution in [2.75, 3.05) is 0 Å². The van der Waals surface area contributed by atoms with E-state index in [1.54, 1.807) is 12.1 Å². The summed E-state index contributed by atoms with van der Waals surface area (Å²) in [6.07, 6.45) is 2.22. The lowest BCUT2D eigenvalue weighted by atomic mass is 10.1. The molecule has 0 aliphatic heterocycles. The molecule has 2 aromatic carbocycles. The molecule has 2 aromatic rings. The van der Waals surface area contributed by atoms with Crippen LogP contribution in [0.3, 0.4) is 0 Å². The number of hydrogen-bond acceptors (Lipinski definition) is 1. The Morgan fingerprint density at radius 2 is 1.75 bits per heavy atom. The van der Waals surface area contributed by atoms with Gasteiger partial charge in [-0.1, -0.05) is 59.1 Å². The summed E-state index contributed by atoms with van der Waals surface area (Å²) in [5.74, 6) is 0. The quantitative estimate of drug-likeness (QED) is 0.742. The molecule has 0 amide bonds. The Hall–Kier alpha value is -0.730. The standard InChI is InChI=1S/C16H14Cl3N/c17-13-6-7-14(18)16(19)12(13)9-20-15-8-5-10-3-1-2-4-11(10)15/h1-4,6-7,15,20H,5,8-9H2. The highest BCUT2D eigenvalue weighted by molar-refractivity contribution is 6.44. The first-order valence-corrected chi connectivity index (χ1v) is 7.74. The normalized spacial score (nSPS) is 17.2. The molecule has 20 heavy (non-hydrogen) atoms. The average Bonchev–Trinajstić information content (AvgIpc) is 2.87. The largest absolute Gasteiger partial charge is 0.306 e.